The summed E-state index contributed by atoms with van der Waals surface area (Å²) in [7, 11) is -3.97. The summed E-state index contributed by atoms with van der Waals surface area (Å²) >= 11 is 0. The van der Waals surface area contributed by atoms with E-state index in [4.69, 9.17) is 9.94 Å². The number of nitrogens with zero attached hydrogens (tertiary/aromatic N) is 1. The number of aliphatic hydroxyl groups excluding tert-OH is 1. The van der Waals surface area contributed by atoms with Gasteiger partial charge in [-0.25, -0.2) is 8.42 Å². The highest BCUT2D eigenvalue weighted by Gasteiger charge is 2.20. The van der Waals surface area contributed by atoms with E-state index in [9.17, 15) is 18.5 Å². The van der Waals surface area contributed by atoms with Gasteiger partial charge >= 0.3 is 0 Å². The highest BCUT2D eigenvalue weighted by molar-refractivity contribution is 7.89. The minimum absolute atomic E-state index is 0.174. The van der Waals surface area contributed by atoms with Crippen LogP contribution in [0.1, 0.15) is 6.92 Å². The zero-order chi connectivity index (χ0) is 16.0. The molecule has 0 aromatic heterocycles. The zero-order valence-corrected chi connectivity index (χ0v) is 12.1. The number of sulfonamides is 1. The van der Waals surface area contributed by atoms with Crippen molar-refractivity contribution in [3.63, 3.8) is 0 Å². The van der Waals surface area contributed by atoms with E-state index in [1.54, 1.807) is 6.92 Å². The Hall–Kier alpha value is -1.81. The van der Waals surface area contributed by atoms with E-state index in [1.807, 2.05) is 4.89 Å². The topological polar surface area (TPSA) is 119 Å². The first kappa shape index (κ1) is 17.2. The van der Waals surface area contributed by atoms with Crippen LogP contribution < -0.4 is 4.89 Å². The van der Waals surface area contributed by atoms with Gasteiger partial charge in [-0.15, -0.1) is 6.58 Å². The van der Waals surface area contributed by atoms with Gasteiger partial charge in [0.1, 0.15) is 6.10 Å². The van der Waals surface area contributed by atoms with Gasteiger partial charge in [0.25, 0.3) is 15.7 Å². The maximum absolute atomic E-state index is 11.9. The van der Waals surface area contributed by atoms with E-state index in [2.05, 4.69) is 6.58 Å². The predicted molar refractivity (Wildman–Crippen MR) is 74.7 cm³/mol. The van der Waals surface area contributed by atoms with Crippen molar-refractivity contribution in [2.45, 2.75) is 17.9 Å². The molecular weight excluding hydrogens is 300 g/mol. The van der Waals surface area contributed by atoms with Crippen LogP contribution >= 0.6 is 0 Å². The van der Waals surface area contributed by atoms with Crippen LogP contribution in [-0.4, -0.2) is 31.2 Å². The molecular formula is C12H16N2O6S. The van der Waals surface area contributed by atoms with Crippen LogP contribution in [0.15, 0.2) is 41.8 Å². The fourth-order valence-corrected chi connectivity index (χ4v) is 2.24. The number of nitro groups is 1. The van der Waals surface area contributed by atoms with Gasteiger partial charge in [-0.05, 0) is 12.1 Å². The predicted octanol–water partition coefficient (Wildman–Crippen LogP) is 0.988. The smallest absolute Gasteiger partial charge is 0.269 e. The quantitative estimate of drug-likeness (QED) is 0.419. The second-order valence-electron chi connectivity index (χ2n) is 4.32. The minimum Gasteiger partial charge on any atom is -0.396 e. The molecule has 21 heavy (non-hydrogen) atoms. The Kier molecular flexibility index (Phi) is 5.97. The molecule has 2 atom stereocenters. The maximum atomic E-state index is 11.9. The van der Waals surface area contributed by atoms with Gasteiger partial charge in [0.05, 0.1) is 9.82 Å². The molecule has 0 saturated carbocycles. The first-order chi connectivity index (χ1) is 9.81. The van der Waals surface area contributed by atoms with Crippen LogP contribution in [0.3, 0.4) is 0 Å². The molecule has 1 aromatic rings. The van der Waals surface area contributed by atoms with Gasteiger partial charge in [0, 0.05) is 24.7 Å². The normalized spacial score (nSPS) is 14.4. The minimum atomic E-state index is -3.97. The highest BCUT2D eigenvalue weighted by atomic mass is 32.2. The Morgan fingerprint density at radius 1 is 1.48 bits per heavy atom. The summed E-state index contributed by atoms with van der Waals surface area (Å²) in [6.45, 7) is 4.95. The Bertz CT molecular complexity index is 599. The Balaban J connectivity index is 2.81. The van der Waals surface area contributed by atoms with Crippen molar-refractivity contribution in [3.05, 3.63) is 47.0 Å². The van der Waals surface area contributed by atoms with Crippen LogP contribution in [0.25, 0.3) is 0 Å². The monoisotopic (exact) mass is 316 g/mol. The number of rotatable bonds is 8. The molecule has 116 valence electrons. The molecule has 1 aromatic carbocycles. The molecule has 0 radical (unpaired) electrons. The Labute approximate surface area is 122 Å². The zero-order valence-electron chi connectivity index (χ0n) is 11.3. The maximum Gasteiger partial charge on any atom is 0.269 e. The molecule has 2 N–H and O–H groups in total. The van der Waals surface area contributed by atoms with Crippen molar-refractivity contribution < 1.29 is 23.3 Å². The molecule has 0 aliphatic carbocycles. The average Bonchev–Trinajstić information content (AvgIpc) is 2.47. The lowest BCUT2D eigenvalue weighted by Gasteiger charge is -2.19. The van der Waals surface area contributed by atoms with E-state index >= 15 is 0 Å². The number of non-ortho nitro benzene ring substituents is 1. The van der Waals surface area contributed by atoms with Crippen molar-refractivity contribution in [2.24, 2.45) is 5.92 Å². The highest BCUT2D eigenvalue weighted by Crippen LogP contribution is 2.16. The van der Waals surface area contributed by atoms with E-state index in [0.717, 1.165) is 24.3 Å². The van der Waals surface area contributed by atoms with Gasteiger partial charge in [-0.2, -0.15) is 0 Å². The van der Waals surface area contributed by atoms with E-state index in [-0.39, 0.29) is 23.1 Å². The largest absolute Gasteiger partial charge is 0.396 e. The van der Waals surface area contributed by atoms with Crippen LogP contribution in [-0.2, 0) is 14.9 Å². The number of aliphatic hydroxyl groups is 1. The Morgan fingerprint density at radius 3 is 2.48 bits per heavy atom. The summed E-state index contributed by atoms with van der Waals surface area (Å²) < 4.78 is 23.9. The second kappa shape index (κ2) is 7.27. The summed E-state index contributed by atoms with van der Waals surface area (Å²) in [6.07, 6.45) is 0.655. The van der Waals surface area contributed by atoms with Gasteiger partial charge in [-0.3, -0.25) is 15.0 Å². The van der Waals surface area contributed by atoms with Crippen LogP contribution in [0.4, 0.5) is 5.69 Å². The molecule has 0 aliphatic rings. The molecule has 8 nitrogen and oxygen atoms in total. The fraction of sp³-hybridized carbons (Fsp3) is 0.333. The molecule has 0 amide bonds. The van der Waals surface area contributed by atoms with Crippen molar-refractivity contribution in [3.8, 4) is 0 Å². The first-order valence-corrected chi connectivity index (χ1v) is 7.45. The molecule has 0 bridgehead atoms. The van der Waals surface area contributed by atoms with Crippen LogP contribution in [0.2, 0.25) is 0 Å². The molecule has 0 spiro atoms. The summed E-state index contributed by atoms with van der Waals surface area (Å²) in [5.74, 6) is -0.345. The van der Waals surface area contributed by atoms with E-state index in [1.165, 1.54) is 6.08 Å². The number of nitrogens with one attached hydrogen (secondary N) is 1. The second-order valence-corrected chi connectivity index (χ2v) is 5.96. The van der Waals surface area contributed by atoms with E-state index < -0.39 is 21.1 Å². The molecule has 0 unspecified atom stereocenters. The van der Waals surface area contributed by atoms with Gasteiger partial charge in [0.2, 0.25) is 0 Å². The van der Waals surface area contributed by atoms with Crippen molar-refractivity contribution in [2.75, 3.05) is 6.61 Å². The number of benzene rings is 1. The third-order valence-electron chi connectivity index (χ3n) is 2.73. The summed E-state index contributed by atoms with van der Waals surface area (Å²) in [6, 6.07) is 4.36. The standard InChI is InChI=1S/C12H16N2O6S/c1-3-12(9(2)8-15)20-13-21(18,19)11-6-4-10(5-7-11)14(16)17/h3-7,9,12-13,15H,1,8H2,2H3/t9-,12-/m0/s1. The third kappa shape index (κ3) is 4.60. The van der Waals surface area contributed by atoms with Crippen molar-refractivity contribution in [1.82, 2.24) is 4.89 Å². The average molecular weight is 316 g/mol. The van der Waals surface area contributed by atoms with Crippen LogP contribution in [0.5, 0.6) is 0 Å². The summed E-state index contributed by atoms with van der Waals surface area (Å²) in [4.78, 5) is 16.6. The molecule has 0 fully saturated rings. The fourth-order valence-electron chi connectivity index (χ4n) is 1.41. The van der Waals surface area contributed by atoms with E-state index in [0.29, 0.717) is 0 Å². The Morgan fingerprint density at radius 2 is 2.05 bits per heavy atom. The van der Waals surface area contributed by atoms with Crippen molar-refractivity contribution >= 4 is 15.7 Å². The number of hydrogen-bond acceptors (Lipinski definition) is 6. The van der Waals surface area contributed by atoms with Gasteiger partial charge in [-0.1, -0.05) is 17.9 Å². The molecule has 0 aliphatic heterocycles. The molecule has 0 saturated heterocycles. The lowest BCUT2D eigenvalue weighted by Crippen LogP contribution is -2.33. The molecule has 9 heteroatoms. The lowest BCUT2D eigenvalue weighted by molar-refractivity contribution is -0.384. The van der Waals surface area contributed by atoms with Crippen LogP contribution in [0, 0.1) is 16.0 Å². The van der Waals surface area contributed by atoms with Gasteiger partial charge < -0.3 is 5.11 Å². The van der Waals surface area contributed by atoms with Gasteiger partial charge in [0.15, 0.2) is 0 Å². The molecule has 0 heterocycles. The molecule has 1 rings (SSSR count). The summed E-state index contributed by atoms with van der Waals surface area (Å²) in [5, 5.41) is 19.5. The first-order valence-electron chi connectivity index (χ1n) is 5.97. The van der Waals surface area contributed by atoms with Crippen molar-refractivity contribution in [1.29, 1.82) is 0 Å². The lowest BCUT2D eigenvalue weighted by atomic mass is 10.1. The number of hydrogen-bond donors (Lipinski definition) is 2. The summed E-state index contributed by atoms with van der Waals surface area (Å²) in [5.41, 5.74) is -0.215. The SMILES string of the molecule is C=C[C@H](ONS(=O)(=O)c1ccc([N+](=O)[O-])cc1)[C@@H](C)CO. The number of nitro benzene ring substituents is 1. The third-order valence-corrected chi connectivity index (χ3v) is 3.94.